The van der Waals surface area contributed by atoms with Gasteiger partial charge in [0.1, 0.15) is 0 Å². The first kappa shape index (κ1) is 15.9. The first-order valence-electron chi connectivity index (χ1n) is 7.18. The average Bonchev–Trinajstić information content (AvgIpc) is 2.59. The normalized spacial score (nSPS) is 11.0. The third-order valence-corrected chi connectivity index (χ3v) is 3.75. The van der Waals surface area contributed by atoms with Crippen LogP contribution in [-0.4, -0.2) is 22.3 Å². The van der Waals surface area contributed by atoms with Crippen LogP contribution in [0.1, 0.15) is 11.3 Å². The zero-order valence-electron chi connectivity index (χ0n) is 12.5. The first-order chi connectivity index (χ1) is 11.6. The third-order valence-electron chi connectivity index (χ3n) is 3.40. The van der Waals surface area contributed by atoms with Crippen LogP contribution in [0, 0.1) is 0 Å². The molecule has 3 aromatic rings. The van der Waals surface area contributed by atoms with E-state index in [2.05, 4.69) is 20.7 Å². The highest BCUT2D eigenvalue weighted by Crippen LogP contribution is 2.13. The van der Waals surface area contributed by atoms with Crippen LogP contribution in [0.25, 0.3) is 10.8 Å². The quantitative estimate of drug-likeness (QED) is 0.564. The summed E-state index contributed by atoms with van der Waals surface area (Å²) in [5.74, 6) is -0.344. The number of H-pyrrole nitrogens is 1. The molecule has 0 fully saturated rings. The van der Waals surface area contributed by atoms with E-state index in [1.807, 2.05) is 12.1 Å². The summed E-state index contributed by atoms with van der Waals surface area (Å²) in [6.45, 7) is 0. The van der Waals surface area contributed by atoms with Gasteiger partial charge < -0.3 is 0 Å². The molecule has 1 amide bonds. The van der Waals surface area contributed by atoms with Gasteiger partial charge in [-0.3, -0.25) is 9.59 Å². The molecule has 0 aliphatic rings. The Bertz CT molecular complexity index is 981. The van der Waals surface area contributed by atoms with E-state index in [0.29, 0.717) is 27.1 Å². The number of carbonyl (C=O) groups excluding carboxylic acids is 1. The van der Waals surface area contributed by atoms with E-state index >= 15 is 0 Å². The van der Waals surface area contributed by atoms with E-state index in [1.54, 1.807) is 36.4 Å². The van der Waals surface area contributed by atoms with Gasteiger partial charge in [-0.2, -0.15) is 10.2 Å². The lowest BCUT2D eigenvalue weighted by Gasteiger charge is -2.04. The van der Waals surface area contributed by atoms with Crippen LogP contribution in [0.2, 0.25) is 5.02 Å². The summed E-state index contributed by atoms with van der Waals surface area (Å²) in [7, 11) is 0. The molecule has 0 spiro atoms. The fraction of sp³-hybridized carbons (Fsp3) is 0.0588. The predicted octanol–water partition coefficient (Wildman–Crippen LogP) is 2.27. The monoisotopic (exact) mass is 340 g/mol. The fourth-order valence-electron chi connectivity index (χ4n) is 2.25. The molecular weight excluding hydrogens is 328 g/mol. The number of nitrogens with one attached hydrogen (secondary N) is 2. The Balaban J connectivity index is 1.73. The number of aromatic nitrogens is 2. The van der Waals surface area contributed by atoms with Gasteiger partial charge >= 0.3 is 0 Å². The molecule has 0 radical (unpaired) electrons. The van der Waals surface area contributed by atoms with E-state index in [4.69, 9.17) is 11.6 Å². The first-order valence-corrected chi connectivity index (χ1v) is 7.55. The summed E-state index contributed by atoms with van der Waals surface area (Å²) in [5.41, 5.74) is 3.32. The highest BCUT2D eigenvalue weighted by atomic mass is 35.5. The van der Waals surface area contributed by atoms with Crippen molar-refractivity contribution in [3.8, 4) is 0 Å². The SMILES string of the molecule is O=C(Cc1n[nH]c(=O)c2ccccc12)N/N=C/c1ccccc1Cl. The van der Waals surface area contributed by atoms with Crippen LogP contribution < -0.4 is 11.0 Å². The molecule has 1 heterocycles. The molecule has 1 aromatic heterocycles. The Morgan fingerprint density at radius 3 is 2.67 bits per heavy atom. The van der Waals surface area contributed by atoms with Gasteiger partial charge in [0.15, 0.2) is 0 Å². The lowest BCUT2D eigenvalue weighted by Crippen LogP contribution is -2.22. The highest BCUT2D eigenvalue weighted by Gasteiger charge is 2.10. The molecule has 3 rings (SSSR count). The Morgan fingerprint density at radius 2 is 1.88 bits per heavy atom. The summed E-state index contributed by atoms with van der Waals surface area (Å²) >= 11 is 6.00. The highest BCUT2D eigenvalue weighted by molar-refractivity contribution is 6.33. The molecule has 0 aliphatic carbocycles. The smallest absolute Gasteiger partial charge is 0.272 e. The molecule has 0 aliphatic heterocycles. The van der Waals surface area contributed by atoms with Crippen molar-refractivity contribution in [2.45, 2.75) is 6.42 Å². The third kappa shape index (κ3) is 3.49. The summed E-state index contributed by atoms with van der Waals surface area (Å²) in [6.07, 6.45) is 1.47. The Kier molecular flexibility index (Phi) is 4.67. The number of hydrogen-bond donors (Lipinski definition) is 2. The summed E-state index contributed by atoms with van der Waals surface area (Å²) < 4.78 is 0. The number of carbonyl (C=O) groups is 1. The van der Waals surface area contributed by atoms with E-state index in [-0.39, 0.29) is 17.9 Å². The van der Waals surface area contributed by atoms with Gasteiger partial charge in [0.25, 0.3) is 5.56 Å². The van der Waals surface area contributed by atoms with Gasteiger partial charge in [-0.05, 0) is 12.1 Å². The summed E-state index contributed by atoms with van der Waals surface area (Å²) in [5, 5.41) is 11.9. The number of aromatic amines is 1. The van der Waals surface area contributed by atoms with Crippen LogP contribution in [0.4, 0.5) is 0 Å². The number of hydrogen-bond acceptors (Lipinski definition) is 4. The predicted molar refractivity (Wildman–Crippen MR) is 93.3 cm³/mol. The molecule has 0 saturated carbocycles. The fourth-order valence-corrected chi connectivity index (χ4v) is 2.44. The molecule has 0 unspecified atom stereocenters. The van der Waals surface area contributed by atoms with E-state index < -0.39 is 0 Å². The molecule has 0 atom stereocenters. The molecule has 0 saturated heterocycles. The van der Waals surface area contributed by atoms with Crippen molar-refractivity contribution in [2.24, 2.45) is 5.10 Å². The molecule has 0 bridgehead atoms. The number of benzene rings is 2. The van der Waals surface area contributed by atoms with Gasteiger partial charge in [-0.1, -0.05) is 48.0 Å². The topological polar surface area (TPSA) is 87.2 Å². The maximum absolute atomic E-state index is 12.0. The van der Waals surface area contributed by atoms with Crippen molar-refractivity contribution in [3.05, 3.63) is 75.2 Å². The average molecular weight is 341 g/mol. The van der Waals surface area contributed by atoms with Gasteiger partial charge in [-0.15, -0.1) is 0 Å². The maximum Gasteiger partial charge on any atom is 0.272 e. The molecule has 2 N–H and O–H groups in total. The molecular formula is C17H13ClN4O2. The van der Waals surface area contributed by atoms with Crippen LogP contribution in [0.15, 0.2) is 58.4 Å². The lowest BCUT2D eigenvalue weighted by molar-refractivity contribution is -0.120. The summed E-state index contributed by atoms with van der Waals surface area (Å²) in [6, 6.07) is 14.2. The van der Waals surface area contributed by atoms with Crippen molar-refractivity contribution in [1.29, 1.82) is 0 Å². The van der Waals surface area contributed by atoms with Gasteiger partial charge in [0.05, 0.1) is 23.7 Å². The molecule has 6 nitrogen and oxygen atoms in total. The minimum atomic E-state index is -0.344. The number of nitrogens with zero attached hydrogens (tertiary/aromatic N) is 2. The van der Waals surface area contributed by atoms with Crippen LogP contribution >= 0.6 is 11.6 Å². The minimum Gasteiger partial charge on any atom is -0.273 e. The van der Waals surface area contributed by atoms with Crippen LogP contribution in [0.3, 0.4) is 0 Å². The second-order valence-corrected chi connectivity index (χ2v) is 5.44. The molecule has 24 heavy (non-hydrogen) atoms. The Labute approximate surface area is 142 Å². The molecule has 7 heteroatoms. The zero-order valence-corrected chi connectivity index (χ0v) is 13.2. The number of amides is 1. The number of hydrazone groups is 1. The van der Waals surface area contributed by atoms with E-state index in [0.717, 1.165) is 0 Å². The maximum atomic E-state index is 12.0. The van der Waals surface area contributed by atoms with Crippen LogP contribution in [0.5, 0.6) is 0 Å². The van der Waals surface area contributed by atoms with Crippen molar-refractivity contribution >= 4 is 34.5 Å². The van der Waals surface area contributed by atoms with Crippen molar-refractivity contribution in [2.75, 3.05) is 0 Å². The van der Waals surface area contributed by atoms with Crippen LogP contribution in [-0.2, 0) is 11.2 Å². The Morgan fingerprint density at radius 1 is 1.17 bits per heavy atom. The molecule has 120 valence electrons. The standard InChI is InChI=1S/C17H13ClN4O2/c18-14-8-4-1-5-11(14)10-19-21-16(23)9-15-12-6-2-3-7-13(12)17(24)22-20-15/h1-8,10H,9H2,(H,21,23)(H,22,24)/b19-10+. The second kappa shape index (κ2) is 7.06. The van der Waals surface area contributed by atoms with Gasteiger partial charge in [0, 0.05) is 16.0 Å². The number of fused-ring (bicyclic) bond motifs is 1. The lowest BCUT2D eigenvalue weighted by atomic mass is 10.1. The largest absolute Gasteiger partial charge is 0.273 e. The van der Waals surface area contributed by atoms with Crippen molar-refractivity contribution < 1.29 is 4.79 Å². The number of rotatable bonds is 4. The van der Waals surface area contributed by atoms with Gasteiger partial charge in [-0.25, -0.2) is 10.5 Å². The van der Waals surface area contributed by atoms with E-state index in [1.165, 1.54) is 6.21 Å². The van der Waals surface area contributed by atoms with Gasteiger partial charge in [0.2, 0.25) is 5.91 Å². The summed E-state index contributed by atoms with van der Waals surface area (Å²) in [4.78, 5) is 23.7. The number of halogens is 1. The molecule has 2 aromatic carbocycles. The minimum absolute atomic E-state index is 0.00282. The van der Waals surface area contributed by atoms with E-state index in [9.17, 15) is 9.59 Å². The van der Waals surface area contributed by atoms with Crippen molar-refractivity contribution in [1.82, 2.24) is 15.6 Å². The zero-order chi connectivity index (χ0) is 16.9. The Hall–Kier alpha value is -2.99. The second-order valence-electron chi connectivity index (χ2n) is 5.04. The van der Waals surface area contributed by atoms with Crippen molar-refractivity contribution in [3.63, 3.8) is 0 Å².